The highest BCUT2D eigenvalue weighted by Crippen LogP contribution is 2.44. The quantitative estimate of drug-likeness (QED) is 0.519. The lowest BCUT2D eigenvalue weighted by Gasteiger charge is -2.27. The number of ether oxygens (including phenoxy) is 2. The van der Waals surface area contributed by atoms with Crippen LogP contribution in [0.2, 0.25) is 0 Å². The molecule has 35 heavy (non-hydrogen) atoms. The molecule has 0 bridgehead atoms. The maximum Gasteiger partial charge on any atom is 0.318 e. The normalized spacial score (nSPS) is 13.9. The molecule has 1 atom stereocenters. The number of esters is 1. The molecule has 1 heterocycles. The van der Waals surface area contributed by atoms with Crippen molar-refractivity contribution in [2.24, 2.45) is 0 Å². The van der Waals surface area contributed by atoms with Crippen molar-refractivity contribution >= 4 is 27.6 Å². The minimum absolute atomic E-state index is 0.0449. The van der Waals surface area contributed by atoms with E-state index in [4.69, 9.17) is 9.47 Å². The fourth-order valence-corrected chi connectivity index (χ4v) is 4.73. The molecule has 9 heteroatoms. The van der Waals surface area contributed by atoms with Gasteiger partial charge in [0.15, 0.2) is 6.10 Å². The predicted molar refractivity (Wildman–Crippen MR) is 131 cm³/mol. The third-order valence-electron chi connectivity index (χ3n) is 5.82. The van der Waals surface area contributed by atoms with E-state index in [-0.39, 0.29) is 4.90 Å². The van der Waals surface area contributed by atoms with E-state index < -0.39 is 33.9 Å². The van der Waals surface area contributed by atoms with E-state index in [1.54, 1.807) is 37.3 Å². The van der Waals surface area contributed by atoms with Gasteiger partial charge in [0.1, 0.15) is 17.4 Å². The van der Waals surface area contributed by atoms with Crippen molar-refractivity contribution in [2.45, 2.75) is 30.8 Å². The Bertz CT molecular complexity index is 1350. The smallest absolute Gasteiger partial charge is 0.318 e. The van der Waals surface area contributed by atoms with Crippen LogP contribution in [-0.2, 0) is 24.3 Å². The van der Waals surface area contributed by atoms with Crippen LogP contribution in [0.15, 0.2) is 71.6 Å². The summed E-state index contributed by atoms with van der Waals surface area (Å²) in [6.07, 6.45) is -1.13. The Kier molecular flexibility index (Phi) is 6.64. The number of nitrogens with one attached hydrogen (secondary N) is 1. The predicted octanol–water partition coefficient (Wildman–Crippen LogP) is 4.05. The lowest BCUT2D eigenvalue weighted by molar-refractivity contribution is -0.153. The molecule has 0 saturated carbocycles. The summed E-state index contributed by atoms with van der Waals surface area (Å²) in [4.78, 5) is 26.2. The van der Waals surface area contributed by atoms with Gasteiger partial charge in [-0.3, -0.25) is 9.59 Å². The Morgan fingerprint density at radius 3 is 2.11 bits per heavy atom. The fraction of sp³-hybridized carbons (Fsp3) is 0.231. The minimum atomic E-state index is -3.68. The molecule has 0 aromatic heterocycles. The summed E-state index contributed by atoms with van der Waals surface area (Å²) in [7, 11) is -0.813. The minimum Gasteiger partial charge on any atom is -0.457 e. The molecule has 4 rings (SSSR count). The molecule has 0 fully saturated rings. The van der Waals surface area contributed by atoms with E-state index in [0.717, 1.165) is 4.31 Å². The highest BCUT2D eigenvalue weighted by atomic mass is 32.2. The van der Waals surface area contributed by atoms with Crippen LogP contribution in [0.25, 0.3) is 0 Å². The van der Waals surface area contributed by atoms with Crippen LogP contribution in [0.3, 0.4) is 0 Å². The van der Waals surface area contributed by atoms with E-state index in [2.05, 4.69) is 5.32 Å². The van der Waals surface area contributed by atoms with Crippen LogP contribution < -0.4 is 10.1 Å². The van der Waals surface area contributed by atoms with Crippen LogP contribution >= 0.6 is 0 Å². The standard InChI is InChI=1S/C26H26N2O6S/c1-16-13-14-18(35(31,32)28(3)4)15-21(16)27-25(29)17(2)33-26(30)24-19-9-5-7-11-22(19)34-23-12-8-6-10-20(23)24/h5-15,17,24H,1-4H3,(H,27,29)/t17-/m0/s1. The average Bonchev–Trinajstić information content (AvgIpc) is 2.83. The van der Waals surface area contributed by atoms with Crippen LogP contribution in [0.5, 0.6) is 11.5 Å². The van der Waals surface area contributed by atoms with E-state index >= 15 is 0 Å². The third-order valence-corrected chi connectivity index (χ3v) is 7.63. The van der Waals surface area contributed by atoms with Gasteiger partial charge in [0.25, 0.3) is 5.91 Å². The van der Waals surface area contributed by atoms with Crippen molar-refractivity contribution in [1.29, 1.82) is 0 Å². The molecule has 1 aliphatic rings. The van der Waals surface area contributed by atoms with Gasteiger partial charge in [0, 0.05) is 30.9 Å². The number of anilines is 1. The van der Waals surface area contributed by atoms with Crippen LogP contribution in [0, 0.1) is 6.92 Å². The number of hydrogen-bond acceptors (Lipinski definition) is 6. The first-order valence-electron chi connectivity index (χ1n) is 11.0. The number of carbonyl (C=O) groups is 2. The largest absolute Gasteiger partial charge is 0.457 e. The summed E-state index contributed by atoms with van der Waals surface area (Å²) in [5.74, 6) is -0.799. The van der Waals surface area contributed by atoms with Crippen molar-refractivity contribution in [3.63, 3.8) is 0 Å². The monoisotopic (exact) mass is 494 g/mol. The number of para-hydroxylation sites is 2. The SMILES string of the molecule is Cc1ccc(S(=O)(=O)N(C)C)cc1NC(=O)[C@H](C)OC(=O)C1c2ccccc2Oc2ccccc21. The second kappa shape index (κ2) is 9.52. The molecule has 1 aliphatic heterocycles. The van der Waals surface area contributed by atoms with Crippen molar-refractivity contribution in [1.82, 2.24) is 4.31 Å². The van der Waals surface area contributed by atoms with Gasteiger partial charge < -0.3 is 14.8 Å². The first-order chi connectivity index (χ1) is 16.6. The molecular weight excluding hydrogens is 468 g/mol. The van der Waals surface area contributed by atoms with Gasteiger partial charge >= 0.3 is 5.97 Å². The molecule has 3 aromatic carbocycles. The Balaban J connectivity index is 1.54. The summed E-state index contributed by atoms with van der Waals surface area (Å²) in [5.41, 5.74) is 2.30. The second-order valence-corrected chi connectivity index (χ2v) is 10.6. The maximum absolute atomic E-state index is 13.3. The van der Waals surface area contributed by atoms with Gasteiger partial charge in [0.05, 0.1) is 4.90 Å². The van der Waals surface area contributed by atoms with Crippen LogP contribution in [0.1, 0.15) is 29.5 Å². The summed E-state index contributed by atoms with van der Waals surface area (Å²) in [6, 6.07) is 18.9. The highest BCUT2D eigenvalue weighted by Gasteiger charge is 2.35. The lowest BCUT2D eigenvalue weighted by atomic mass is 9.88. The molecule has 0 saturated heterocycles. The van der Waals surface area contributed by atoms with E-state index in [9.17, 15) is 18.0 Å². The molecule has 8 nitrogen and oxygen atoms in total. The molecule has 0 unspecified atom stereocenters. The molecule has 0 spiro atoms. The van der Waals surface area contributed by atoms with E-state index in [1.165, 1.54) is 33.2 Å². The molecule has 3 aromatic rings. The third kappa shape index (κ3) is 4.78. The Morgan fingerprint density at radius 2 is 1.54 bits per heavy atom. The van der Waals surface area contributed by atoms with E-state index in [1.807, 2.05) is 24.3 Å². The van der Waals surface area contributed by atoms with Crippen molar-refractivity contribution in [3.8, 4) is 11.5 Å². The van der Waals surface area contributed by atoms with Gasteiger partial charge in [-0.1, -0.05) is 42.5 Å². The van der Waals surface area contributed by atoms with Crippen molar-refractivity contribution in [3.05, 3.63) is 83.4 Å². The topological polar surface area (TPSA) is 102 Å². The number of aryl methyl sites for hydroxylation is 1. The summed E-state index contributed by atoms with van der Waals surface area (Å²) < 4.78 is 37.5. The number of rotatable bonds is 6. The summed E-state index contributed by atoms with van der Waals surface area (Å²) >= 11 is 0. The molecule has 1 N–H and O–H groups in total. The first-order valence-corrected chi connectivity index (χ1v) is 12.4. The molecule has 0 radical (unpaired) electrons. The first kappa shape index (κ1) is 24.4. The molecule has 1 amide bonds. The highest BCUT2D eigenvalue weighted by molar-refractivity contribution is 7.89. The molecule has 182 valence electrons. The van der Waals surface area contributed by atoms with Gasteiger partial charge in [-0.2, -0.15) is 0 Å². The zero-order chi connectivity index (χ0) is 25.3. The van der Waals surface area contributed by atoms with Gasteiger partial charge in [-0.05, 0) is 43.7 Å². The Hall–Kier alpha value is -3.69. The number of sulfonamides is 1. The summed E-state index contributed by atoms with van der Waals surface area (Å²) in [6.45, 7) is 3.22. The molecule has 0 aliphatic carbocycles. The van der Waals surface area contributed by atoms with Crippen molar-refractivity contribution in [2.75, 3.05) is 19.4 Å². The van der Waals surface area contributed by atoms with Gasteiger partial charge in [-0.15, -0.1) is 0 Å². The lowest BCUT2D eigenvalue weighted by Crippen LogP contribution is -2.33. The number of carbonyl (C=O) groups excluding carboxylic acids is 2. The van der Waals surface area contributed by atoms with E-state index in [0.29, 0.717) is 33.9 Å². The zero-order valence-corrected chi connectivity index (χ0v) is 20.6. The fourth-order valence-electron chi connectivity index (χ4n) is 3.80. The maximum atomic E-state index is 13.3. The summed E-state index contributed by atoms with van der Waals surface area (Å²) in [5, 5.41) is 2.68. The van der Waals surface area contributed by atoms with Gasteiger partial charge in [0.2, 0.25) is 10.0 Å². The molecular formula is C26H26N2O6S. The number of nitrogens with zero attached hydrogens (tertiary/aromatic N) is 1. The second-order valence-electron chi connectivity index (χ2n) is 8.44. The number of hydrogen-bond donors (Lipinski definition) is 1. The number of amides is 1. The Morgan fingerprint density at radius 1 is 0.971 bits per heavy atom. The van der Waals surface area contributed by atoms with Crippen molar-refractivity contribution < 1.29 is 27.5 Å². The van der Waals surface area contributed by atoms with Gasteiger partial charge in [-0.25, -0.2) is 12.7 Å². The number of benzene rings is 3. The number of fused-ring (bicyclic) bond motifs is 2. The average molecular weight is 495 g/mol. The zero-order valence-electron chi connectivity index (χ0n) is 19.8. The Labute approximate surface area is 204 Å². The van der Waals surface area contributed by atoms with Crippen LogP contribution in [0.4, 0.5) is 5.69 Å². The van der Waals surface area contributed by atoms with Crippen LogP contribution in [-0.4, -0.2) is 44.8 Å².